The zero-order chi connectivity index (χ0) is 21.1. The molecule has 0 bridgehead atoms. The number of hydrogen-bond donors (Lipinski definition) is 1. The van der Waals surface area contributed by atoms with Gasteiger partial charge in [0.15, 0.2) is 0 Å². The summed E-state index contributed by atoms with van der Waals surface area (Å²) in [5.74, 6) is -0.133. The van der Waals surface area contributed by atoms with Crippen LogP contribution in [-0.2, 0) is 18.3 Å². The first kappa shape index (κ1) is 20.5. The van der Waals surface area contributed by atoms with Crippen LogP contribution < -0.4 is 0 Å². The van der Waals surface area contributed by atoms with Crippen LogP contribution in [0.4, 0.5) is 0 Å². The van der Waals surface area contributed by atoms with Gasteiger partial charge in [-0.15, -0.1) is 0 Å². The molecule has 0 radical (unpaired) electrons. The minimum atomic E-state index is -0.216. The number of aliphatic hydroxyl groups is 1. The summed E-state index contributed by atoms with van der Waals surface area (Å²) in [6.07, 6.45) is 1.59. The fourth-order valence-corrected chi connectivity index (χ4v) is 3.81. The molecule has 0 unspecified atom stereocenters. The number of carbonyl (C=O) groups is 1. The molecule has 1 aliphatic rings. The van der Waals surface area contributed by atoms with Gasteiger partial charge < -0.3 is 14.7 Å². The highest BCUT2D eigenvalue weighted by Crippen LogP contribution is 2.27. The normalized spacial score (nSPS) is 17.4. The van der Waals surface area contributed by atoms with Gasteiger partial charge in [0.2, 0.25) is 0 Å². The monoisotopic (exact) mass is 409 g/mol. The van der Waals surface area contributed by atoms with Crippen LogP contribution in [0.2, 0.25) is 0 Å². The number of fused-ring (bicyclic) bond motifs is 1. The van der Waals surface area contributed by atoms with E-state index in [-0.39, 0.29) is 25.2 Å². The first-order valence-electron chi connectivity index (χ1n) is 10.1. The zero-order valence-corrected chi connectivity index (χ0v) is 17.4. The number of aryl methyl sites for hydroxylation is 1. The molecule has 0 saturated carbocycles. The van der Waals surface area contributed by atoms with Crippen molar-refractivity contribution in [2.75, 3.05) is 39.9 Å². The van der Waals surface area contributed by atoms with E-state index in [1.807, 2.05) is 48.1 Å². The van der Waals surface area contributed by atoms with Gasteiger partial charge in [0.05, 0.1) is 35.7 Å². The van der Waals surface area contributed by atoms with Crippen LogP contribution in [0.3, 0.4) is 0 Å². The number of para-hydroxylation sites is 1. The lowest BCUT2D eigenvalue weighted by atomic mass is 10.0. The Morgan fingerprint density at radius 1 is 1.33 bits per heavy atom. The Bertz CT molecular complexity index is 1030. The Hall–Kier alpha value is -2.81. The van der Waals surface area contributed by atoms with E-state index in [0.29, 0.717) is 18.7 Å². The topological polar surface area (TPSA) is 83.7 Å². The van der Waals surface area contributed by atoms with Crippen molar-refractivity contribution in [1.82, 2.24) is 24.6 Å². The van der Waals surface area contributed by atoms with E-state index in [9.17, 15) is 9.90 Å². The molecule has 1 amide bonds. The number of pyridine rings is 1. The summed E-state index contributed by atoms with van der Waals surface area (Å²) < 4.78 is 7.93. The lowest BCUT2D eigenvalue weighted by Crippen LogP contribution is -2.38. The quantitative estimate of drug-likeness (QED) is 0.666. The van der Waals surface area contributed by atoms with Crippen LogP contribution >= 0.6 is 0 Å². The average Bonchev–Trinajstić information content (AvgIpc) is 3.17. The number of amides is 1. The molecule has 1 fully saturated rings. The number of ether oxygens (including phenoxy) is 1. The van der Waals surface area contributed by atoms with Crippen molar-refractivity contribution < 1.29 is 14.6 Å². The number of rotatable bonds is 6. The van der Waals surface area contributed by atoms with E-state index >= 15 is 0 Å². The summed E-state index contributed by atoms with van der Waals surface area (Å²) in [4.78, 5) is 21.7. The molecule has 4 rings (SSSR count). The summed E-state index contributed by atoms with van der Waals surface area (Å²) in [6, 6.07) is 11.5. The highest BCUT2D eigenvalue weighted by molar-refractivity contribution is 6.06. The van der Waals surface area contributed by atoms with Crippen molar-refractivity contribution in [3.8, 4) is 0 Å². The molecular formula is C22H27N5O3. The largest absolute Gasteiger partial charge is 0.395 e. The number of aromatic nitrogens is 3. The van der Waals surface area contributed by atoms with Gasteiger partial charge in [-0.2, -0.15) is 5.10 Å². The molecule has 1 N–H and O–H groups in total. The maximum absolute atomic E-state index is 13.0. The Morgan fingerprint density at radius 2 is 2.17 bits per heavy atom. The average molecular weight is 409 g/mol. The summed E-state index contributed by atoms with van der Waals surface area (Å²) in [5.41, 5.74) is 3.25. The first-order valence-corrected chi connectivity index (χ1v) is 10.1. The third-order valence-corrected chi connectivity index (χ3v) is 5.54. The van der Waals surface area contributed by atoms with Gasteiger partial charge in [0, 0.05) is 51.9 Å². The molecular weight excluding hydrogens is 382 g/mol. The van der Waals surface area contributed by atoms with Crippen LogP contribution in [0.15, 0.2) is 42.6 Å². The summed E-state index contributed by atoms with van der Waals surface area (Å²) in [7, 11) is 3.64. The molecule has 3 heterocycles. The van der Waals surface area contributed by atoms with Crippen molar-refractivity contribution in [1.29, 1.82) is 0 Å². The number of benzene rings is 1. The van der Waals surface area contributed by atoms with Gasteiger partial charge in [-0.1, -0.05) is 18.2 Å². The van der Waals surface area contributed by atoms with Gasteiger partial charge in [0.25, 0.3) is 5.91 Å². The van der Waals surface area contributed by atoms with Crippen LogP contribution in [0.25, 0.3) is 10.9 Å². The van der Waals surface area contributed by atoms with Crippen molar-refractivity contribution >= 4 is 16.8 Å². The predicted molar refractivity (Wildman–Crippen MR) is 113 cm³/mol. The van der Waals surface area contributed by atoms with Gasteiger partial charge in [-0.05, 0) is 18.2 Å². The fraction of sp³-hybridized carbons (Fsp3) is 0.409. The minimum Gasteiger partial charge on any atom is -0.395 e. The van der Waals surface area contributed by atoms with Crippen LogP contribution in [0, 0.1) is 0 Å². The van der Waals surface area contributed by atoms with Crippen LogP contribution in [0.5, 0.6) is 0 Å². The molecule has 158 valence electrons. The second-order valence-electron chi connectivity index (χ2n) is 7.60. The Balaban J connectivity index is 1.63. The fourth-order valence-electron chi connectivity index (χ4n) is 3.81. The lowest BCUT2D eigenvalue weighted by molar-refractivity contribution is -0.0355. The number of hydrogen-bond acceptors (Lipinski definition) is 6. The van der Waals surface area contributed by atoms with E-state index < -0.39 is 0 Å². The predicted octanol–water partition coefficient (Wildman–Crippen LogP) is 1.61. The van der Waals surface area contributed by atoms with Crippen LogP contribution in [-0.4, -0.2) is 75.5 Å². The molecule has 8 heteroatoms. The second-order valence-corrected chi connectivity index (χ2v) is 7.60. The van der Waals surface area contributed by atoms with Crippen LogP contribution in [0.1, 0.15) is 27.8 Å². The molecule has 1 aliphatic heterocycles. The molecule has 0 aliphatic carbocycles. The number of morpholine rings is 1. The summed E-state index contributed by atoms with van der Waals surface area (Å²) >= 11 is 0. The first-order chi connectivity index (χ1) is 14.6. The molecule has 1 atom stereocenters. The number of carbonyl (C=O) groups excluding carboxylic acids is 1. The Labute approximate surface area is 175 Å². The van der Waals surface area contributed by atoms with Crippen molar-refractivity contribution in [2.24, 2.45) is 7.05 Å². The zero-order valence-electron chi connectivity index (χ0n) is 17.4. The summed E-state index contributed by atoms with van der Waals surface area (Å²) in [6.45, 7) is 3.12. The van der Waals surface area contributed by atoms with Gasteiger partial charge >= 0.3 is 0 Å². The highest BCUT2D eigenvalue weighted by Gasteiger charge is 2.26. The number of likely N-dealkylation sites (N-methyl/N-ethyl adjacent to an activating group) is 1. The molecule has 30 heavy (non-hydrogen) atoms. The maximum Gasteiger partial charge on any atom is 0.254 e. The Kier molecular flexibility index (Phi) is 6.08. The standard InChI is InChI=1S/C22H27N5O3/c1-25(9-11-28)22(29)18-13-20(24-19-6-4-3-5-17(18)19)21-15-27(10-12-30-21)14-16-7-8-23-26(16)2/h3-8,13,21,28H,9-12,14-15H2,1-2H3/t21-/m1/s1. The maximum atomic E-state index is 13.0. The van der Waals surface area contributed by atoms with Crippen molar-refractivity contribution in [2.45, 2.75) is 12.6 Å². The van der Waals surface area contributed by atoms with E-state index in [1.165, 1.54) is 4.90 Å². The summed E-state index contributed by atoms with van der Waals surface area (Å²) in [5, 5.41) is 14.3. The molecule has 3 aromatic rings. The number of aliphatic hydroxyl groups excluding tert-OH is 1. The lowest BCUT2D eigenvalue weighted by Gasteiger charge is -2.32. The Morgan fingerprint density at radius 3 is 2.93 bits per heavy atom. The van der Waals surface area contributed by atoms with Gasteiger partial charge in [0.1, 0.15) is 6.10 Å². The van der Waals surface area contributed by atoms with E-state index in [1.54, 1.807) is 13.2 Å². The van der Waals surface area contributed by atoms with E-state index in [2.05, 4.69) is 10.00 Å². The third-order valence-electron chi connectivity index (χ3n) is 5.54. The number of nitrogens with zero attached hydrogens (tertiary/aromatic N) is 5. The second kappa shape index (κ2) is 8.91. The van der Waals surface area contributed by atoms with E-state index in [0.717, 1.165) is 35.4 Å². The molecule has 8 nitrogen and oxygen atoms in total. The third kappa shape index (κ3) is 4.21. The van der Waals surface area contributed by atoms with E-state index in [4.69, 9.17) is 9.72 Å². The smallest absolute Gasteiger partial charge is 0.254 e. The molecule has 2 aromatic heterocycles. The van der Waals surface area contributed by atoms with Gasteiger partial charge in [-0.25, -0.2) is 4.98 Å². The molecule has 1 saturated heterocycles. The van der Waals surface area contributed by atoms with Crippen molar-refractivity contribution in [3.05, 3.63) is 59.5 Å². The molecule has 1 aromatic carbocycles. The minimum absolute atomic E-state index is 0.0766. The van der Waals surface area contributed by atoms with Crippen molar-refractivity contribution in [3.63, 3.8) is 0 Å². The highest BCUT2D eigenvalue weighted by atomic mass is 16.5. The van der Waals surface area contributed by atoms with Gasteiger partial charge in [-0.3, -0.25) is 14.4 Å². The SMILES string of the molecule is CN(CCO)C(=O)c1cc([C@H]2CN(Cc3ccnn3C)CCO2)nc2ccccc12. The molecule has 0 spiro atoms.